The summed E-state index contributed by atoms with van der Waals surface area (Å²) < 4.78 is 37.9. The van der Waals surface area contributed by atoms with Crippen molar-refractivity contribution in [2.24, 2.45) is 0 Å². The van der Waals surface area contributed by atoms with Crippen molar-refractivity contribution in [2.75, 3.05) is 29.0 Å². The molecule has 2 N–H and O–H groups in total. The first-order chi connectivity index (χ1) is 14.4. The Morgan fingerprint density at radius 3 is 2.30 bits per heavy atom. The van der Waals surface area contributed by atoms with Gasteiger partial charge in [0.15, 0.2) is 11.5 Å². The second-order valence-corrected chi connectivity index (χ2v) is 8.62. The molecule has 0 aromatic heterocycles. The van der Waals surface area contributed by atoms with Crippen LogP contribution in [0.4, 0.5) is 11.4 Å². The lowest BCUT2D eigenvalue weighted by Gasteiger charge is -2.14. The summed E-state index contributed by atoms with van der Waals surface area (Å²) >= 11 is 0. The number of carbonyl (C=O) groups excluding carboxylic acids is 1. The van der Waals surface area contributed by atoms with E-state index in [0.717, 1.165) is 0 Å². The molecular formula is C22H30N2O5S. The van der Waals surface area contributed by atoms with Gasteiger partial charge in [-0.15, -0.1) is 0 Å². The van der Waals surface area contributed by atoms with Gasteiger partial charge in [0.2, 0.25) is 15.9 Å². The fourth-order valence-electron chi connectivity index (χ4n) is 2.84. The number of ether oxygens (including phenoxy) is 2. The molecule has 0 unspecified atom stereocenters. The highest BCUT2D eigenvalue weighted by atomic mass is 32.2. The number of carbonyl (C=O) groups is 1. The van der Waals surface area contributed by atoms with Crippen LogP contribution in [-0.4, -0.2) is 33.3 Å². The second kappa shape index (κ2) is 11.4. The Labute approximate surface area is 178 Å². The van der Waals surface area contributed by atoms with Crippen LogP contribution < -0.4 is 19.5 Å². The van der Waals surface area contributed by atoms with Crippen molar-refractivity contribution in [1.82, 2.24) is 0 Å². The van der Waals surface area contributed by atoms with E-state index in [1.165, 1.54) is 0 Å². The molecule has 0 atom stereocenters. The van der Waals surface area contributed by atoms with Crippen molar-refractivity contribution in [2.45, 2.75) is 40.0 Å². The Morgan fingerprint density at radius 1 is 0.967 bits per heavy atom. The largest absolute Gasteiger partial charge is 0.490 e. The van der Waals surface area contributed by atoms with Crippen molar-refractivity contribution >= 4 is 27.3 Å². The average Bonchev–Trinajstić information content (AvgIpc) is 2.69. The van der Waals surface area contributed by atoms with Crippen LogP contribution in [0.3, 0.4) is 0 Å². The zero-order valence-corrected chi connectivity index (χ0v) is 18.6. The van der Waals surface area contributed by atoms with Gasteiger partial charge in [-0.05, 0) is 56.5 Å². The fraction of sp³-hybridized carbons (Fsp3) is 0.409. The van der Waals surface area contributed by atoms with E-state index < -0.39 is 10.0 Å². The number of anilines is 2. The maximum atomic E-state index is 12.3. The SMILES string of the molecule is CCCS(=O)(=O)Nc1cccc(NC(=O)CCCOc2ccccc2OCC)c1C. The number of rotatable bonds is 12. The van der Waals surface area contributed by atoms with E-state index in [9.17, 15) is 13.2 Å². The molecule has 0 spiro atoms. The lowest BCUT2D eigenvalue weighted by Crippen LogP contribution is -2.18. The van der Waals surface area contributed by atoms with Crippen molar-refractivity contribution in [3.8, 4) is 11.5 Å². The van der Waals surface area contributed by atoms with E-state index in [-0.39, 0.29) is 18.1 Å². The number of hydrogen-bond acceptors (Lipinski definition) is 5. The van der Waals surface area contributed by atoms with E-state index in [1.54, 1.807) is 25.1 Å². The summed E-state index contributed by atoms with van der Waals surface area (Å²) in [6, 6.07) is 12.6. The summed E-state index contributed by atoms with van der Waals surface area (Å²) in [6.45, 7) is 6.42. The van der Waals surface area contributed by atoms with Crippen LogP contribution in [0.25, 0.3) is 0 Å². The molecule has 0 bridgehead atoms. The van der Waals surface area contributed by atoms with Gasteiger partial charge >= 0.3 is 0 Å². The molecule has 8 heteroatoms. The molecule has 0 fully saturated rings. The lowest BCUT2D eigenvalue weighted by atomic mass is 10.1. The third-order valence-corrected chi connectivity index (χ3v) is 5.78. The van der Waals surface area contributed by atoms with E-state index in [2.05, 4.69) is 10.0 Å². The Balaban J connectivity index is 1.87. The number of benzene rings is 2. The Bertz CT molecular complexity index is 944. The highest BCUT2D eigenvalue weighted by Crippen LogP contribution is 2.27. The van der Waals surface area contributed by atoms with Crippen molar-refractivity contribution < 1.29 is 22.7 Å². The van der Waals surface area contributed by atoms with E-state index in [1.807, 2.05) is 38.1 Å². The van der Waals surface area contributed by atoms with Crippen molar-refractivity contribution in [1.29, 1.82) is 0 Å². The Hall–Kier alpha value is -2.74. The summed E-state index contributed by atoms with van der Waals surface area (Å²) in [4.78, 5) is 12.3. The van der Waals surface area contributed by atoms with Crippen LogP contribution in [0.2, 0.25) is 0 Å². The van der Waals surface area contributed by atoms with Gasteiger partial charge in [0.1, 0.15) is 0 Å². The minimum atomic E-state index is -3.39. The first-order valence-electron chi connectivity index (χ1n) is 10.1. The first-order valence-corrected chi connectivity index (χ1v) is 11.8. The molecule has 1 amide bonds. The molecule has 2 rings (SSSR count). The van der Waals surface area contributed by atoms with Gasteiger partial charge in [-0.1, -0.05) is 25.1 Å². The lowest BCUT2D eigenvalue weighted by molar-refractivity contribution is -0.116. The molecule has 0 saturated carbocycles. The topological polar surface area (TPSA) is 93.7 Å². The van der Waals surface area contributed by atoms with Gasteiger partial charge in [0, 0.05) is 12.1 Å². The molecule has 164 valence electrons. The molecule has 0 aliphatic heterocycles. The monoisotopic (exact) mass is 434 g/mol. The molecule has 30 heavy (non-hydrogen) atoms. The van der Waals surface area contributed by atoms with Gasteiger partial charge in [-0.25, -0.2) is 8.42 Å². The molecular weight excluding hydrogens is 404 g/mol. The standard InChI is InChI=1S/C22H30N2O5S/c1-4-16-30(26,27)24-19-11-8-10-18(17(19)3)23-22(25)14-9-15-29-21-13-7-6-12-20(21)28-5-2/h6-8,10-13,24H,4-5,9,14-16H2,1-3H3,(H,23,25). The third kappa shape index (κ3) is 7.26. The molecule has 0 radical (unpaired) electrons. The van der Waals surface area contributed by atoms with Crippen LogP contribution >= 0.6 is 0 Å². The Kier molecular flexibility index (Phi) is 8.98. The van der Waals surface area contributed by atoms with Gasteiger partial charge < -0.3 is 14.8 Å². The number of para-hydroxylation sites is 2. The predicted molar refractivity (Wildman–Crippen MR) is 120 cm³/mol. The van der Waals surface area contributed by atoms with Crippen LogP contribution in [0.15, 0.2) is 42.5 Å². The van der Waals surface area contributed by atoms with Crippen LogP contribution in [0.5, 0.6) is 11.5 Å². The third-order valence-electron chi connectivity index (χ3n) is 4.30. The van der Waals surface area contributed by atoms with Gasteiger partial charge in [-0.2, -0.15) is 0 Å². The molecule has 2 aromatic rings. The second-order valence-electron chi connectivity index (χ2n) is 6.78. The predicted octanol–water partition coefficient (Wildman–Crippen LogP) is 4.34. The molecule has 7 nitrogen and oxygen atoms in total. The zero-order valence-electron chi connectivity index (χ0n) is 17.7. The average molecular weight is 435 g/mol. The van der Waals surface area contributed by atoms with Crippen LogP contribution in [-0.2, 0) is 14.8 Å². The highest BCUT2D eigenvalue weighted by Gasteiger charge is 2.13. The summed E-state index contributed by atoms with van der Waals surface area (Å²) in [7, 11) is -3.39. The minimum absolute atomic E-state index is 0.0510. The quantitative estimate of drug-likeness (QED) is 0.485. The first kappa shape index (κ1) is 23.5. The van der Waals surface area contributed by atoms with Gasteiger partial charge in [0.05, 0.1) is 24.7 Å². The Morgan fingerprint density at radius 2 is 1.63 bits per heavy atom. The van der Waals surface area contributed by atoms with E-state index in [0.29, 0.717) is 54.5 Å². The van der Waals surface area contributed by atoms with Crippen molar-refractivity contribution in [3.05, 3.63) is 48.0 Å². The van der Waals surface area contributed by atoms with Crippen molar-refractivity contribution in [3.63, 3.8) is 0 Å². The van der Waals surface area contributed by atoms with E-state index in [4.69, 9.17) is 9.47 Å². The summed E-state index contributed by atoms with van der Waals surface area (Å²) in [5, 5.41) is 2.84. The molecule has 0 heterocycles. The van der Waals surface area contributed by atoms with Gasteiger partial charge in [-0.3, -0.25) is 9.52 Å². The summed E-state index contributed by atoms with van der Waals surface area (Å²) in [6.07, 6.45) is 1.35. The molecule has 0 aliphatic carbocycles. The maximum absolute atomic E-state index is 12.3. The molecule has 0 aliphatic rings. The minimum Gasteiger partial charge on any atom is -0.490 e. The normalized spacial score (nSPS) is 11.0. The molecule has 0 saturated heterocycles. The van der Waals surface area contributed by atoms with Crippen LogP contribution in [0.1, 0.15) is 38.7 Å². The smallest absolute Gasteiger partial charge is 0.232 e. The van der Waals surface area contributed by atoms with Crippen LogP contribution in [0, 0.1) is 6.92 Å². The summed E-state index contributed by atoms with van der Waals surface area (Å²) in [5.41, 5.74) is 1.73. The number of amides is 1. The number of hydrogen-bond donors (Lipinski definition) is 2. The number of sulfonamides is 1. The van der Waals surface area contributed by atoms with E-state index >= 15 is 0 Å². The highest BCUT2D eigenvalue weighted by molar-refractivity contribution is 7.92. The fourth-order valence-corrected chi connectivity index (χ4v) is 4.04. The van der Waals surface area contributed by atoms with Gasteiger partial charge in [0.25, 0.3) is 0 Å². The molecule has 2 aromatic carbocycles. The zero-order chi connectivity index (χ0) is 22.0. The number of nitrogens with one attached hydrogen (secondary N) is 2. The maximum Gasteiger partial charge on any atom is 0.232 e. The summed E-state index contributed by atoms with van der Waals surface area (Å²) in [5.74, 6) is 1.23.